The van der Waals surface area contributed by atoms with Crippen LogP contribution in [0.15, 0.2) is 59.0 Å². The molecular formula is C22H15NO5. The minimum Gasteiger partial charge on any atom is -0.478 e. The molecule has 0 atom stereocenters. The molecule has 2 N–H and O–H groups in total. The molecule has 0 spiro atoms. The van der Waals surface area contributed by atoms with E-state index in [9.17, 15) is 14.9 Å². The lowest BCUT2D eigenvalue weighted by atomic mass is 10.0. The molecule has 0 aliphatic carbocycles. The average molecular weight is 373 g/mol. The van der Waals surface area contributed by atoms with E-state index in [1.54, 1.807) is 49.4 Å². The van der Waals surface area contributed by atoms with Crippen LogP contribution in [0.3, 0.4) is 0 Å². The standard InChI is InChI=1S/C22H15NO5/c1-13-10-16(22(26)27)6-8-19(13)20-9-7-18(28-20)11-17(12-23)14-2-4-15(5-3-14)21(24)25/h2-11H,1H3,(H,24,25)(H,26,27). The number of rotatable bonds is 5. The molecule has 0 saturated carbocycles. The van der Waals surface area contributed by atoms with Crippen LogP contribution in [0, 0.1) is 18.3 Å². The number of benzene rings is 2. The lowest BCUT2D eigenvalue weighted by molar-refractivity contribution is 0.0686. The predicted octanol–water partition coefficient (Wildman–Crippen LogP) is 4.72. The van der Waals surface area contributed by atoms with Gasteiger partial charge in [0.25, 0.3) is 0 Å². The molecule has 1 aromatic heterocycles. The molecule has 6 nitrogen and oxygen atoms in total. The number of carboxylic acids is 2. The summed E-state index contributed by atoms with van der Waals surface area (Å²) in [5.41, 5.74) is 2.76. The van der Waals surface area contributed by atoms with Crippen molar-refractivity contribution in [3.8, 4) is 17.4 Å². The second-order valence-electron chi connectivity index (χ2n) is 6.09. The van der Waals surface area contributed by atoms with E-state index in [4.69, 9.17) is 14.6 Å². The molecule has 0 unspecified atom stereocenters. The first-order chi connectivity index (χ1) is 13.4. The summed E-state index contributed by atoms with van der Waals surface area (Å²) >= 11 is 0. The van der Waals surface area contributed by atoms with Gasteiger partial charge in [-0.3, -0.25) is 0 Å². The SMILES string of the molecule is Cc1cc(C(=O)O)ccc1-c1ccc(C=C(C#N)c2ccc(C(=O)O)cc2)o1. The van der Waals surface area contributed by atoms with Gasteiger partial charge in [0.05, 0.1) is 22.8 Å². The molecule has 0 saturated heterocycles. The van der Waals surface area contributed by atoms with E-state index in [0.29, 0.717) is 22.7 Å². The topological polar surface area (TPSA) is 112 Å². The lowest BCUT2D eigenvalue weighted by Gasteiger charge is -2.04. The first-order valence-corrected chi connectivity index (χ1v) is 8.28. The summed E-state index contributed by atoms with van der Waals surface area (Å²) in [4.78, 5) is 22.0. The van der Waals surface area contributed by atoms with Crippen molar-refractivity contribution in [1.29, 1.82) is 5.26 Å². The molecule has 0 fully saturated rings. The van der Waals surface area contributed by atoms with E-state index in [2.05, 4.69) is 6.07 Å². The maximum atomic E-state index is 11.1. The van der Waals surface area contributed by atoms with Gasteiger partial charge in [0.1, 0.15) is 11.5 Å². The van der Waals surface area contributed by atoms with Gasteiger partial charge in [-0.05, 0) is 60.5 Å². The van der Waals surface area contributed by atoms with Crippen LogP contribution in [-0.4, -0.2) is 22.2 Å². The fraction of sp³-hybridized carbons (Fsp3) is 0.0455. The number of aryl methyl sites for hydroxylation is 1. The van der Waals surface area contributed by atoms with Crippen molar-refractivity contribution in [2.45, 2.75) is 6.92 Å². The van der Waals surface area contributed by atoms with Gasteiger partial charge < -0.3 is 14.6 Å². The molecule has 0 radical (unpaired) electrons. The first-order valence-electron chi connectivity index (χ1n) is 8.28. The molecule has 3 rings (SSSR count). The van der Waals surface area contributed by atoms with Gasteiger partial charge in [-0.2, -0.15) is 5.26 Å². The zero-order chi connectivity index (χ0) is 20.3. The highest BCUT2D eigenvalue weighted by Gasteiger charge is 2.11. The van der Waals surface area contributed by atoms with Crippen LogP contribution in [0.4, 0.5) is 0 Å². The number of carbonyl (C=O) groups is 2. The lowest BCUT2D eigenvalue weighted by Crippen LogP contribution is -1.96. The second-order valence-corrected chi connectivity index (χ2v) is 6.09. The Bertz CT molecular complexity index is 1130. The molecule has 1 heterocycles. The van der Waals surface area contributed by atoms with Crippen molar-refractivity contribution in [3.05, 3.63) is 82.6 Å². The minimum atomic E-state index is -1.03. The minimum absolute atomic E-state index is 0.140. The smallest absolute Gasteiger partial charge is 0.335 e. The number of aromatic carboxylic acids is 2. The Kier molecular flexibility index (Phi) is 5.10. The Labute approximate surface area is 160 Å². The number of nitriles is 1. The van der Waals surface area contributed by atoms with E-state index in [1.807, 2.05) is 0 Å². The predicted molar refractivity (Wildman–Crippen MR) is 103 cm³/mol. The van der Waals surface area contributed by atoms with E-state index >= 15 is 0 Å². The maximum absolute atomic E-state index is 11.1. The highest BCUT2D eigenvalue weighted by Crippen LogP contribution is 2.28. The Balaban J connectivity index is 1.91. The van der Waals surface area contributed by atoms with E-state index < -0.39 is 11.9 Å². The Hall–Kier alpha value is -4.11. The van der Waals surface area contributed by atoms with Crippen molar-refractivity contribution in [2.75, 3.05) is 0 Å². The van der Waals surface area contributed by atoms with Crippen molar-refractivity contribution in [2.24, 2.45) is 0 Å². The number of furan rings is 1. The molecule has 0 aliphatic heterocycles. The highest BCUT2D eigenvalue weighted by atomic mass is 16.4. The zero-order valence-electron chi connectivity index (χ0n) is 14.8. The monoisotopic (exact) mass is 373 g/mol. The van der Waals surface area contributed by atoms with Gasteiger partial charge in [0, 0.05) is 5.56 Å². The fourth-order valence-electron chi connectivity index (χ4n) is 2.76. The van der Waals surface area contributed by atoms with Gasteiger partial charge in [-0.25, -0.2) is 9.59 Å². The van der Waals surface area contributed by atoms with Gasteiger partial charge in [0.15, 0.2) is 0 Å². The molecule has 0 amide bonds. The average Bonchev–Trinajstić information content (AvgIpc) is 3.14. The van der Waals surface area contributed by atoms with Gasteiger partial charge in [-0.1, -0.05) is 18.2 Å². The molecule has 138 valence electrons. The summed E-state index contributed by atoms with van der Waals surface area (Å²) in [5.74, 6) is -1.02. The van der Waals surface area contributed by atoms with Crippen LogP contribution >= 0.6 is 0 Å². The van der Waals surface area contributed by atoms with Crippen molar-refractivity contribution < 1.29 is 24.2 Å². The summed E-state index contributed by atoms with van der Waals surface area (Å²) in [5, 5.41) is 27.5. The van der Waals surface area contributed by atoms with E-state index in [-0.39, 0.29) is 11.1 Å². The third kappa shape index (κ3) is 3.84. The highest BCUT2D eigenvalue weighted by molar-refractivity contribution is 5.92. The first kappa shape index (κ1) is 18.7. The van der Waals surface area contributed by atoms with Gasteiger partial charge in [-0.15, -0.1) is 0 Å². The quantitative estimate of drug-likeness (QED) is 0.626. The number of carboxylic acid groups (broad SMARTS) is 2. The largest absolute Gasteiger partial charge is 0.478 e. The van der Waals surface area contributed by atoms with Crippen LogP contribution in [0.2, 0.25) is 0 Å². The number of hydrogen-bond donors (Lipinski definition) is 2. The van der Waals surface area contributed by atoms with Crippen molar-refractivity contribution in [1.82, 2.24) is 0 Å². The number of allylic oxidation sites excluding steroid dienone is 1. The maximum Gasteiger partial charge on any atom is 0.335 e. The third-order valence-electron chi connectivity index (χ3n) is 4.22. The Morgan fingerprint density at radius 3 is 2.11 bits per heavy atom. The van der Waals surface area contributed by atoms with Gasteiger partial charge >= 0.3 is 11.9 Å². The van der Waals surface area contributed by atoms with Crippen LogP contribution < -0.4 is 0 Å². The molecule has 0 bridgehead atoms. The molecule has 6 heteroatoms. The van der Waals surface area contributed by atoms with E-state index in [0.717, 1.165) is 11.1 Å². The van der Waals surface area contributed by atoms with E-state index in [1.165, 1.54) is 18.2 Å². The number of nitrogens with zero attached hydrogens (tertiary/aromatic N) is 1. The summed E-state index contributed by atoms with van der Waals surface area (Å²) in [6, 6.07) is 16.3. The van der Waals surface area contributed by atoms with Crippen LogP contribution in [0.25, 0.3) is 23.0 Å². The summed E-state index contributed by atoms with van der Waals surface area (Å²) in [6.07, 6.45) is 1.57. The Morgan fingerprint density at radius 1 is 0.929 bits per heavy atom. The summed E-state index contributed by atoms with van der Waals surface area (Å²) < 4.78 is 5.80. The third-order valence-corrected chi connectivity index (χ3v) is 4.22. The zero-order valence-corrected chi connectivity index (χ0v) is 14.8. The number of hydrogen-bond acceptors (Lipinski definition) is 4. The van der Waals surface area contributed by atoms with Crippen LogP contribution in [0.5, 0.6) is 0 Å². The summed E-state index contributed by atoms with van der Waals surface area (Å²) in [7, 11) is 0. The molecule has 0 aliphatic rings. The van der Waals surface area contributed by atoms with Crippen LogP contribution in [-0.2, 0) is 0 Å². The molecule has 28 heavy (non-hydrogen) atoms. The van der Waals surface area contributed by atoms with Gasteiger partial charge in [0.2, 0.25) is 0 Å². The molecule has 2 aromatic carbocycles. The fourth-order valence-corrected chi connectivity index (χ4v) is 2.76. The van der Waals surface area contributed by atoms with Crippen LogP contribution in [0.1, 0.15) is 37.6 Å². The Morgan fingerprint density at radius 2 is 1.54 bits per heavy atom. The molecular weight excluding hydrogens is 358 g/mol. The summed E-state index contributed by atoms with van der Waals surface area (Å²) in [6.45, 7) is 1.80. The second kappa shape index (κ2) is 7.64. The van der Waals surface area contributed by atoms with Crippen molar-refractivity contribution in [3.63, 3.8) is 0 Å². The van der Waals surface area contributed by atoms with Crippen molar-refractivity contribution >= 4 is 23.6 Å². The molecule has 3 aromatic rings. The normalized spacial score (nSPS) is 11.1.